The first kappa shape index (κ1) is 9.91. The summed E-state index contributed by atoms with van der Waals surface area (Å²) in [7, 11) is 0. The Hall–Kier alpha value is 0.830. The molecule has 1 aliphatic rings. The molecule has 0 N–H and O–H groups in total. The van der Waals surface area contributed by atoms with E-state index in [4.69, 9.17) is 34.8 Å². The summed E-state index contributed by atoms with van der Waals surface area (Å²) >= 11 is 21.0. The molecule has 1 atom stereocenters. The minimum absolute atomic E-state index is 0.442. The molecule has 11 heavy (non-hydrogen) atoms. The van der Waals surface area contributed by atoms with E-state index < -0.39 is 4.87 Å². The number of rotatable bonds is 1. The maximum absolute atomic E-state index is 6.12. The van der Waals surface area contributed by atoms with Gasteiger partial charge in [-0.15, -0.1) is 11.6 Å². The van der Waals surface area contributed by atoms with Crippen molar-refractivity contribution in [2.24, 2.45) is 0 Å². The van der Waals surface area contributed by atoms with Crippen molar-refractivity contribution in [1.29, 1.82) is 0 Å². The molecule has 0 saturated heterocycles. The van der Waals surface area contributed by atoms with Crippen molar-refractivity contribution in [2.75, 3.05) is 5.33 Å². The SMILES string of the molecule is ClC1=CC(Cl)(CBr)CC(Cl)=C1. The molecule has 0 amide bonds. The number of hydrogen-bond acceptors (Lipinski definition) is 0. The van der Waals surface area contributed by atoms with Crippen LogP contribution in [0.25, 0.3) is 0 Å². The quantitative estimate of drug-likeness (QED) is 0.635. The largest absolute Gasteiger partial charge is 0.113 e. The van der Waals surface area contributed by atoms with Gasteiger partial charge in [-0.3, -0.25) is 0 Å². The predicted octanol–water partition coefficient (Wildman–Crippen LogP) is 4.01. The average molecular weight is 276 g/mol. The molecule has 0 fully saturated rings. The van der Waals surface area contributed by atoms with Crippen LogP contribution in [-0.2, 0) is 0 Å². The lowest BCUT2D eigenvalue weighted by Crippen LogP contribution is -2.22. The van der Waals surface area contributed by atoms with Crippen LogP contribution in [-0.4, -0.2) is 10.2 Å². The predicted molar refractivity (Wildman–Crippen MR) is 54.9 cm³/mol. The summed E-state index contributed by atoms with van der Waals surface area (Å²) < 4.78 is 0. The van der Waals surface area contributed by atoms with Crippen LogP contribution < -0.4 is 0 Å². The van der Waals surface area contributed by atoms with Crippen molar-refractivity contribution >= 4 is 50.7 Å². The van der Waals surface area contributed by atoms with Crippen molar-refractivity contribution < 1.29 is 0 Å². The third kappa shape index (κ3) is 2.66. The maximum Gasteiger partial charge on any atom is 0.0788 e. The van der Waals surface area contributed by atoms with E-state index in [0.717, 1.165) is 0 Å². The van der Waals surface area contributed by atoms with Crippen molar-refractivity contribution in [3.63, 3.8) is 0 Å². The summed E-state index contributed by atoms with van der Waals surface area (Å²) in [5.74, 6) is 0. The summed E-state index contributed by atoms with van der Waals surface area (Å²) in [4.78, 5) is -0.442. The normalized spacial score (nSPS) is 31.3. The molecular formula is C7H6BrCl3. The maximum atomic E-state index is 6.12. The first-order valence-corrected chi connectivity index (χ1v) is 5.30. The second-order valence-corrected chi connectivity index (χ2v) is 4.70. The molecule has 0 aromatic heterocycles. The van der Waals surface area contributed by atoms with E-state index in [1.54, 1.807) is 12.2 Å². The van der Waals surface area contributed by atoms with Crippen molar-refractivity contribution in [2.45, 2.75) is 11.3 Å². The van der Waals surface area contributed by atoms with Crippen molar-refractivity contribution in [3.05, 3.63) is 22.2 Å². The minimum Gasteiger partial charge on any atom is -0.113 e. The average Bonchev–Trinajstić information content (AvgIpc) is 1.84. The third-order valence-corrected chi connectivity index (χ3v) is 3.54. The van der Waals surface area contributed by atoms with Crippen LogP contribution in [0, 0.1) is 0 Å². The van der Waals surface area contributed by atoms with Crippen LogP contribution in [0.5, 0.6) is 0 Å². The van der Waals surface area contributed by atoms with E-state index >= 15 is 0 Å². The van der Waals surface area contributed by atoms with Gasteiger partial charge >= 0.3 is 0 Å². The van der Waals surface area contributed by atoms with Gasteiger partial charge < -0.3 is 0 Å². The van der Waals surface area contributed by atoms with Gasteiger partial charge in [0.2, 0.25) is 0 Å². The summed E-state index contributed by atoms with van der Waals surface area (Å²) in [5.41, 5.74) is 0. The molecule has 0 aliphatic heterocycles. The molecule has 62 valence electrons. The lowest BCUT2D eigenvalue weighted by Gasteiger charge is -2.23. The van der Waals surface area contributed by atoms with Crippen molar-refractivity contribution in [1.82, 2.24) is 0 Å². The molecule has 1 aliphatic carbocycles. The Kier molecular flexibility index (Phi) is 3.33. The summed E-state index contributed by atoms with van der Waals surface area (Å²) in [6.45, 7) is 0. The Labute approximate surface area is 89.3 Å². The van der Waals surface area contributed by atoms with Gasteiger partial charge in [0.1, 0.15) is 0 Å². The summed E-state index contributed by atoms with van der Waals surface area (Å²) in [6.07, 6.45) is 4.15. The Balaban J connectivity index is 2.86. The molecule has 1 rings (SSSR count). The fraction of sp³-hybridized carbons (Fsp3) is 0.429. The van der Waals surface area contributed by atoms with Crippen LogP contribution in [0.1, 0.15) is 6.42 Å². The highest BCUT2D eigenvalue weighted by Crippen LogP contribution is 2.36. The Morgan fingerprint density at radius 1 is 1.55 bits per heavy atom. The molecule has 0 spiro atoms. The Morgan fingerprint density at radius 3 is 2.64 bits per heavy atom. The molecule has 0 heterocycles. The number of halogens is 4. The van der Waals surface area contributed by atoms with Crippen molar-refractivity contribution in [3.8, 4) is 0 Å². The Bertz CT molecular complexity index is 222. The van der Waals surface area contributed by atoms with Gasteiger partial charge in [0.25, 0.3) is 0 Å². The Morgan fingerprint density at radius 2 is 2.18 bits per heavy atom. The second kappa shape index (κ2) is 3.69. The second-order valence-electron chi connectivity index (χ2n) is 2.47. The highest BCUT2D eigenvalue weighted by molar-refractivity contribution is 9.09. The molecular weight excluding hydrogens is 270 g/mol. The van der Waals surface area contributed by atoms with E-state index in [1.165, 1.54) is 0 Å². The molecule has 4 heteroatoms. The zero-order valence-electron chi connectivity index (χ0n) is 5.58. The molecule has 0 bridgehead atoms. The van der Waals surface area contributed by atoms with Gasteiger partial charge in [-0.1, -0.05) is 39.1 Å². The van der Waals surface area contributed by atoms with Crippen LogP contribution in [0.4, 0.5) is 0 Å². The number of allylic oxidation sites excluding steroid dienone is 4. The van der Waals surface area contributed by atoms with Gasteiger partial charge in [0.05, 0.1) is 4.87 Å². The van der Waals surface area contributed by atoms with E-state index in [1.807, 2.05) is 0 Å². The highest BCUT2D eigenvalue weighted by atomic mass is 79.9. The van der Waals surface area contributed by atoms with E-state index in [0.29, 0.717) is 21.8 Å². The van der Waals surface area contributed by atoms with Gasteiger partial charge in [-0.05, 0) is 12.2 Å². The van der Waals surface area contributed by atoms with Gasteiger partial charge in [-0.25, -0.2) is 0 Å². The lowest BCUT2D eigenvalue weighted by molar-refractivity contribution is 0.788. The smallest absolute Gasteiger partial charge is 0.0788 e. The fourth-order valence-electron chi connectivity index (χ4n) is 0.907. The fourth-order valence-corrected chi connectivity index (χ4v) is 2.41. The van der Waals surface area contributed by atoms with E-state index in [9.17, 15) is 0 Å². The van der Waals surface area contributed by atoms with Crippen LogP contribution in [0.15, 0.2) is 22.2 Å². The zero-order chi connectivity index (χ0) is 8.48. The lowest BCUT2D eigenvalue weighted by atomic mass is 10.0. The summed E-state index contributed by atoms with van der Waals surface area (Å²) in [6, 6.07) is 0. The first-order chi connectivity index (χ1) is 5.06. The van der Waals surface area contributed by atoms with Gasteiger partial charge in [0, 0.05) is 21.8 Å². The minimum atomic E-state index is -0.442. The number of hydrogen-bond donors (Lipinski definition) is 0. The topological polar surface area (TPSA) is 0 Å². The van der Waals surface area contributed by atoms with Crippen LogP contribution in [0.3, 0.4) is 0 Å². The molecule has 0 aromatic carbocycles. The van der Waals surface area contributed by atoms with Crippen LogP contribution >= 0.6 is 50.7 Å². The van der Waals surface area contributed by atoms with E-state index in [-0.39, 0.29) is 0 Å². The summed E-state index contributed by atoms with van der Waals surface area (Å²) in [5, 5.41) is 1.96. The van der Waals surface area contributed by atoms with Gasteiger partial charge in [0.15, 0.2) is 0 Å². The highest BCUT2D eigenvalue weighted by Gasteiger charge is 2.27. The third-order valence-electron chi connectivity index (χ3n) is 1.38. The molecule has 1 unspecified atom stereocenters. The van der Waals surface area contributed by atoms with E-state index in [2.05, 4.69) is 15.9 Å². The molecule has 0 radical (unpaired) electrons. The number of alkyl halides is 2. The van der Waals surface area contributed by atoms with Gasteiger partial charge in [-0.2, -0.15) is 0 Å². The van der Waals surface area contributed by atoms with Crippen LogP contribution in [0.2, 0.25) is 0 Å². The standard InChI is InChI=1S/C7H6BrCl3/c8-4-7(11)2-5(9)1-6(10)3-7/h1-2H,3-4H2. The molecule has 0 nitrogen and oxygen atoms in total. The molecule has 0 aromatic rings. The monoisotopic (exact) mass is 274 g/mol. The zero-order valence-corrected chi connectivity index (χ0v) is 9.43. The first-order valence-electron chi connectivity index (χ1n) is 3.05. The molecule has 0 saturated carbocycles.